The van der Waals surface area contributed by atoms with Gasteiger partial charge in [-0.25, -0.2) is 13.8 Å². The molecule has 0 saturated carbocycles. The lowest BCUT2D eigenvalue weighted by Crippen LogP contribution is -2.20. The molecule has 0 radical (unpaired) electrons. The highest BCUT2D eigenvalue weighted by atomic mass is 19.2. The Kier molecular flexibility index (Phi) is 5.06. The van der Waals surface area contributed by atoms with Crippen molar-refractivity contribution in [3.8, 4) is 17.1 Å². The average molecular weight is 469 g/mol. The summed E-state index contributed by atoms with van der Waals surface area (Å²) >= 11 is 0. The molecule has 6 rings (SSSR count). The van der Waals surface area contributed by atoms with Crippen molar-refractivity contribution in [1.29, 1.82) is 0 Å². The second-order valence-corrected chi connectivity index (χ2v) is 7.88. The molecule has 4 heterocycles. The number of anilines is 3. The molecule has 0 amide bonds. The summed E-state index contributed by atoms with van der Waals surface area (Å²) in [5, 5.41) is 15.4. The maximum atomic E-state index is 14.0. The van der Waals surface area contributed by atoms with E-state index in [4.69, 9.17) is 4.98 Å². The molecule has 9 nitrogen and oxygen atoms in total. The van der Waals surface area contributed by atoms with Crippen LogP contribution in [0.5, 0.6) is 0 Å². The first-order valence-electron chi connectivity index (χ1n) is 10.8. The molecule has 172 valence electrons. The van der Waals surface area contributed by atoms with E-state index in [0.29, 0.717) is 35.3 Å². The molecule has 1 N–H and O–H groups in total. The second-order valence-electron chi connectivity index (χ2n) is 7.88. The van der Waals surface area contributed by atoms with Gasteiger partial charge in [0.2, 0.25) is 5.95 Å². The van der Waals surface area contributed by atoms with E-state index in [1.807, 2.05) is 41.3 Å². The number of hydrogen-bond donors (Lipinski definition) is 1. The molecule has 0 atom stereocenters. The van der Waals surface area contributed by atoms with Gasteiger partial charge in [0.25, 0.3) is 0 Å². The predicted octanol–water partition coefficient (Wildman–Crippen LogP) is 4.06. The zero-order valence-electron chi connectivity index (χ0n) is 18.2. The van der Waals surface area contributed by atoms with Crippen molar-refractivity contribution in [1.82, 2.24) is 35.2 Å². The van der Waals surface area contributed by atoms with Gasteiger partial charge in [0.1, 0.15) is 5.82 Å². The monoisotopic (exact) mass is 469 g/mol. The highest BCUT2D eigenvalue weighted by Crippen LogP contribution is 2.41. The smallest absolute Gasteiger partial charge is 0.224 e. The van der Waals surface area contributed by atoms with Crippen LogP contribution in [-0.4, -0.2) is 35.2 Å². The first kappa shape index (κ1) is 20.8. The Hall–Kier alpha value is -4.80. The first-order valence-corrected chi connectivity index (χ1v) is 10.8. The van der Waals surface area contributed by atoms with Crippen LogP contribution in [0.2, 0.25) is 0 Å². The summed E-state index contributed by atoms with van der Waals surface area (Å²) in [4.78, 5) is 15.2. The van der Waals surface area contributed by atoms with Crippen molar-refractivity contribution in [3.05, 3.63) is 95.9 Å². The van der Waals surface area contributed by atoms with Crippen molar-refractivity contribution in [2.75, 3.05) is 10.2 Å². The van der Waals surface area contributed by atoms with E-state index >= 15 is 0 Å². The number of benzene rings is 2. The standard InChI is InChI=1S/C24H17F2N9/c25-18-6-5-16(11-19(18)26)14-34-20-3-1-2-4-21(20)35-23(31-32-33-35)17-13-29-24(30-22(17)34)28-12-15-7-9-27-10-8-15/h1-11,13H,12,14H2,(H,28,29,30). The molecule has 5 aromatic rings. The number of nitrogens with zero attached hydrogens (tertiary/aromatic N) is 8. The Morgan fingerprint density at radius 3 is 2.54 bits per heavy atom. The van der Waals surface area contributed by atoms with E-state index in [9.17, 15) is 8.78 Å². The summed E-state index contributed by atoms with van der Waals surface area (Å²) < 4.78 is 29.2. The average Bonchev–Trinajstić information content (AvgIpc) is 3.35. The minimum atomic E-state index is -0.910. The van der Waals surface area contributed by atoms with Gasteiger partial charge in [-0.05, 0) is 58.0 Å². The summed E-state index contributed by atoms with van der Waals surface area (Å²) in [5.74, 6) is -0.407. The number of rotatable bonds is 5. The fourth-order valence-corrected chi connectivity index (χ4v) is 3.99. The maximum Gasteiger partial charge on any atom is 0.224 e. The third-order valence-electron chi connectivity index (χ3n) is 5.66. The van der Waals surface area contributed by atoms with Gasteiger partial charge in [-0.2, -0.15) is 9.67 Å². The molecule has 3 aromatic heterocycles. The minimum Gasteiger partial charge on any atom is -0.350 e. The molecule has 1 aliphatic rings. The number of nitrogens with one attached hydrogen (secondary N) is 1. The molecular formula is C24H17F2N9. The number of pyridine rings is 1. The van der Waals surface area contributed by atoms with Gasteiger partial charge in [-0.15, -0.1) is 5.10 Å². The molecule has 0 aliphatic carbocycles. The van der Waals surface area contributed by atoms with Crippen molar-refractivity contribution in [2.24, 2.45) is 0 Å². The number of hydrogen-bond acceptors (Lipinski definition) is 8. The van der Waals surface area contributed by atoms with E-state index in [1.54, 1.807) is 29.3 Å². The fourth-order valence-electron chi connectivity index (χ4n) is 3.99. The third kappa shape index (κ3) is 3.82. The summed E-state index contributed by atoms with van der Waals surface area (Å²) in [5.41, 5.74) is 3.66. The largest absolute Gasteiger partial charge is 0.350 e. The van der Waals surface area contributed by atoms with Crippen LogP contribution in [0, 0.1) is 11.6 Å². The Labute approximate surface area is 198 Å². The molecule has 0 fully saturated rings. The lowest BCUT2D eigenvalue weighted by Gasteiger charge is -2.25. The van der Waals surface area contributed by atoms with Crippen LogP contribution in [0.15, 0.2) is 73.2 Å². The van der Waals surface area contributed by atoms with E-state index in [-0.39, 0.29) is 6.54 Å². The molecule has 2 aromatic carbocycles. The van der Waals surface area contributed by atoms with Crippen LogP contribution >= 0.6 is 0 Å². The van der Waals surface area contributed by atoms with Crippen molar-refractivity contribution < 1.29 is 8.78 Å². The number of para-hydroxylation sites is 2. The third-order valence-corrected chi connectivity index (χ3v) is 5.66. The Bertz CT molecular complexity index is 1520. The van der Waals surface area contributed by atoms with Gasteiger partial charge >= 0.3 is 0 Å². The summed E-state index contributed by atoms with van der Waals surface area (Å²) in [6.07, 6.45) is 5.09. The van der Waals surface area contributed by atoms with E-state index in [0.717, 1.165) is 23.0 Å². The van der Waals surface area contributed by atoms with Crippen molar-refractivity contribution in [2.45, 2.75) is 13.1 Å². The Morgan fingerprint density at radius 1 is 0.886 bits per heavy atom. The zero-order chi connectivity index (χ0) is 23.8. The molecule has 11 heteroatoms. The summed E-state index contributed by atoms with van der Waals surface area (Å²) in [6.45, 7) is 0.721. The van der Waals surface area contributed by atoms with Crippen LogP contribution in [0.25, 0.3) is 17.1 Å². The zero-order valence-corrected chi connectivity index (χ0v) is 18.2. The van der Waals surface area contributed by atoms with Gasteiger partial charge in [0.15, 0.2) is 17.5 Å². The molecule has 35 heavy (non-hydrogen) atoms. The maximum absolute atomic E-state index is 14.0. The number of tetrazole rings is 1. The van der Waals surface area contributed by atoms with E-state index in [1.165, 1.54) is 6.07 Å². The normalized spacial score (nSPS) is 11.9. The topological polar surface area (TPSA) is 97.5 Å². The first-order chi connectivity index (χ1) is 17.2. The molecule has 0 spiro atoms. The molecule has 0 bridgehead atoms. The molecular weight excluding hydrogens is 452 g/mol. The van der Waals surface area contributed by atoms with Gasteiger partial charge in [-0.3, -0.25) is 4.98 Å². The van der Waals surface area contributed by atoms with Crippen molar-refractivity contribution >= 4 is 17.5 Å². The SMILES string of the molecule is Fc1ccc(CN2c3ccccc3-n3nnnc3-c3cnc(NCc4ccncc4)nc32)cc1F. The quantitative estimate of drug-likeness (QED) is 0.412. The Morgan fingerprint density at radius 2 is 1.71 bits per heavy atom. The van der Waals surface area contributed by atoms with Crippen LogP contribution in [-0.2, 0) is 13.1 Å². The predicted molar refractivity (Wildman–Crippen MR) is 124 cm³/mol. The van der Waals surface area contributed by atoms with Crippen LogP contribution in [0.3, 0.4) is 0 Å². The van der Waals surface area contributed by atoms with Gasteiger partial charge < -0.3 is 10.2 Å². The van der Waals surface area contributed by atoms with Gasteiger partial charge in [0.05, 0.1) is 16.9 Å². The molecule has 1 aliphatic heterocycles. The summed E-state index contributed by atoms with van der Waals surface area (Å²) in [6, 6.07) is 15.2. The van der Waals surface area contributed by atoms with Crippen LogP contribution in [0.4, 0.5) is 26.2 Å². The molecule has 0 unspecified atom stereocenters. The van der Waals surface area contributed by atoms with Crippen molar-refractivity contribution in [3.63, 3.8) is 0 Å². The molecule has 0 saturated heterocycles. The summed E-state index contributed by atoms with van der Waals surface area (Å²) in [7, 11) is 0. The van der Waals surface area contributed by atoms with E-state index < -0.39 is 11.6 Å². The fraction of sp³-hybridized carbons (Fsp3) is 0.0833. The number of fused-ring (bicyclic) bond motifs is 5. The van der Waals surface area contributed by atoms with Crippen LogP contribution < -0.4 is 10.2 Å². The lowest BCUT2D eigenvalue weighted by molar-refractivity contribution is 0.507. The minimum absolute atomic E-state index is 0.223. The van der Waals surface area contributed by atoms with Crippen LogP contribution in [0.1, 0.15) is 11.1 Å². The highest BCUT2D eigenvalue weighted by molar-refractivity contribution is 5.83. The number of aromatic nitrogens is 7. The Balaban J connectivity index is 1.47. The second kappa shape index (κ2) is 8.52. The van der Waals surface area contributed by atoms with Gasteiger partial charge in [0, 0.05) is 31.7 Å². The van der Waals surface area contributed by atoms with Gasteiger partial charge in [-0.1, -0.05) is 18.2 Å². The number of halogens is 2. The lowest BCUT2D eigenvalue weighted by atomic mass is 10.1. The van der Waals surface area contributed by atoms with E-state index in [2.05, 4.69) is 30.8 Å². The highest BCUT2D eigenvalue weighted by Gasteiger charge is 2.29.